The summed E-state index contributed by atoms with van der Waals surface area (Å²) in [7, 11) is 0. The highest BCUT2D eigenvalue weighted by Gasteiger charge is 2.13. The molecule has 0 saturated heterocycles. The summed E-state index contributed by atoms with van der Waals surface area (Å²) >= 11 is 3.31. The molecule has 1 aromatic carbocycles. The van der Waals surface area contributed by atoms with Gasteiger partial charge in [-0.25, -0.2) is 4.39 Å². The third kappa shape index (κ3) is 4.16. The minimum Gasteiger partial charge on any atom is -0.352 e. The topological polar surface area (TPSA) is 46.9 Å². The predicted molar refractivity (Wildman–Crippen MR) is 77.3 cm³/mol. The molecule has 4 nitrogen and oxygen atoms in total. The fraction of sp³-hybridized carbons (Fsp3) is 0.286. The highest BCUT2D eigenvalue weighted by Crippen LogP contribution is 2.09. The number of halogens is 2. The molecule has 1 amide bonds. The normalized spacial score (nSPS) is 12.2. The number of nitrogens with one attached hydrogen (secondary N) is 1. The van der Waals surface area contributed by atoms with Gasteiger partial charge in [-0.3, -0.25) is 9.48 Å². The number of hydrogen-bond donors (Lipinski definition) is 1. The Labute approximate surface area is 125 Å². The minimum atomic E-state index is -0.280. The lowest BCUT2D eigenvalue weighted by molar-refractivity contribution is -0.125. The van der Waals surface area contributed by atoms with Crippen LogP contribution in [0.4, 0.5) is 4.39 Å². The molecule has 0 unspecified atom stereocenters. The lowest BCUT2D eigenvalue weighted by Crippen LogP contribution is -2.31. The molecule has 6 heteroatoms. The summed E-state index contributed by atoms with van der Waals surface area (Å²) in [4.78, 5) is 12.0. The molecule has 1 N–H and O–H groups in total. The van der Waals surface area contributed by atoms with E-state index in [2.05, 4.69) is 26.3 Å². The molecule has 20 heavy (non-hydrogen) atoms. The van der Waals surface area contributed by atoms with Crippen LogP contribution in [0.25, 0.3) is 0 Å². The standard InChI is InChI=1S/C14H15BrFN3O/c1-10(8-19-9-12(15)7-18-19)14(20)17-6-11-2-4-13(16)5-3-11/h2-5,7,9-10H,6,8H2,1H3,(H,17,20)/t10-/m1/s1. The lowest BCUT2D eigenvalue weighted by Gasteiger charge is -2.12. The van der Waals surface area contributed by atoms with Crippen LogP contribution in [0, 0.1) is 11.7 Å². The summed E-state index contributed by atoms with van der Waals surface area (Å²) in [6.07, 6.45) is 3.51. The van der Waals surface area contributed by atoms with E-state index in [1.165, 1.54) is 12.1 Å². The molecule has 0 bridgehead atoms. The molecule has 0 saturated carbocycles. The zero-order valence-corrected chi connectivity index (χ0v) is 12.6. The fourth-order valence-electron chi connectivity index (χ4n) is 1.77. The molecule has 0 fully saturated rings. The number of aromatic nitrogens is 2. The molecule has 0 radical (unpaired) electrons. The van der Waals surface area contributed by atoms with Gasteiger partial charge in [0.15, 0.2) is 0 Å². The summed E-state index contributed by atoms with van der Waals surface area (Å²) in [6.45, 7) is 2.75. The highest BCUT2D eigenvalue weighted by molar-refractivity contribution is 9.10. The van der Waals surface area contributed by atoms with Crippen molar-refractivity contribution in [3.8, 4) is 0 Å². The number of rotatable bonds is 5. The third-order valence-electron chi connectivity index (χ3n) is 2.89. The SMILES string of the molecule is C[C@H](Cn1cc(Br)cn1)C(=O)NCc1ccc(F)cc1. The Morgan fingerprint density at radius 2 is 2.15 bits per heavy atom. The molecule has 0 aliphatic heterocycles. The number of nitrogens with zero attached hydrogens (tertiary/aromatic N) is 2. The van der Waals surface area contributed by atoms with Crippen LogP contribution in [-0.2, 0) is 17.9 Å². The van der Waals surface area contributed by atoms with Crippen LogP contribution in [0.15, 0.2) is 41.1 Å². The van der Waals surface area contributed by atoms with Crippen molar-refractivity contribution in [1.82, 2.24) is 15.1 Å². The second-order valence-corrected chi connectivity index (χ2v) is 5.54. The van der Waals surface area contributed by atoms with Crippen molar-refractivity contribution in [2.75, 3.05) is 0 Å². The van der Waals surface area contributed by atoms with Crippen molar-refractivity contribution < 1.29 is 9.18 Å². The largest absolute Gasteiger partial charge is 0.352 e. The molecule has 1 heterocycles. The summed E-state index contributed by atoms with van der Waals surface area (Å²) in [6, 6.07) is 6.08. The highest BCUT2D eigenvalue weighted by atomic mass is 79.9. The van der Waals surface area contributed by atoms with E-state index in [1.807, 2.05) is 13.1 Å². The number of carbonyl (C=O) groups is 1. The zero-order chi connectivity index (χ0) is 14.5. The van der Waals surface area contributed by atoms with E-state index in [-0.39, 0.29) is 17.6 Å². The van der Waals surface area contributed by atoms with Crippen LogP contribution in [0.5, 0.6) is 0 Å². The van der Waals surface area contributed by atoms with E-state index in [1.54, 1.807) is 23.0 Å². The maximum absolute atomic E-state index is 12.8. The summed E-state index contributed by atoms with van der Waals surface area (Å²) in [5, 5.41) is 6.95. The molecule has 0 spiro atoms. The molecule has 1 aromatic heterocycles. The van der Waals surface area contributed by atoms with E-state index >= 15 is 0 Å². The van der Waals surface area contributed by atoms with Crippen molar-refractivity contribution in [3.05, 3.63) is 52.5 Å². The first kappa shape index (κ1) is 14.7. The van der Waals surface area contributed by atoms with Crippen LogP contribution >= 0.6 is 15.9 Å². The number of benzene rings is 1. The Morgan fingerprint density at radius 3 is 2.75 bits per heavy atom. The Bertz CT molecular complexity index is 582. The Balaban J connectivity index is 1.83. The van der Waals surface area contributed by atoms with Crippen molar-refractivity contribution >= 4 is 21.8 Å². The number of carbonyl (C=O) groups excluding carboxylic acids is 1. The second kappa shape index (κ2) is 6.65. The first-order valence-electron chi connectivity index (χ1n) is 6.24. The fourth-order valence-corrected chi connectivity index (χ4v) is 2.10. The summed E-state index contributed by atoms with van der Waals surface area (Å²) in [5.74, 6) is -0.527. The number of hydrogen-bond acceptors (Lipinski definition) is 2. The lowest BCUT2D eigenvalue weighted by atomic mass is 10.1. The zero-order valence-electron chi connectivity index (χ0n) is 11.0. The molecule has 0 aliphatic rings. The van der Waals surface area contributed by atoms with Gasteiger partial charge in [-0.2, -0.15) is 5.10 Å². The molecule has 1 atom stereocenters. The maximum Gasteiger partial charge on any atom is 0.224 e. The molecular weight excluding hydrogens is 325 g/mol. The molecule has 2 rings (SSSR count). The van der Waals surface area contributed by atoms with Crippen molar-refractivity contribution in [3.63, 3.8) is 0 Å². The van der Waals surface area contributed by atoms with Gasteiger partial charge in [-0.1, -0.05) is 19.1 Å². The molecule has 106 valence electrons. The smallest absolute Gasteiger partial charge is 0.224 e. The van der Waals surface area contributed by atoms with Gasteiger partial charge in [0.1, 0.15) is 5.82 Å². The van der Waals surface area contributed by atoms with E-state index in [0.717, 1.165) is 10.0 Å². The second-order valence-electron chi connectivity index (χ2n) is 4.63. The minimum absolute atomic E-state index is 0.0547. The average Bonchev–Trinajstić information content (AvgIpc) is 2.83. The van der Waals surface area contributed by atoms with Gasteiger partial charge in [0.2, 0.25) is 5.91 Å². The van der Waals surface area contributed by atoms with Crippen molar-refractivity contribution in [2.45, 2.75) is 20.0 Å². The first-order chi connectivity index (χ1) is 9.54. The predicted octanol–water partition coefficient (Wildman–Crippen LogP) is 2.74. The van der Waals surface area contributed by atoms with Gasteiger partial charge in [0.25, 0.3) is 0 Å². The van der Waals surface area contributed by atoms with Crippen LogP contribution in [0.1, 0.15) is 12.5 Å². The van der Waals surface area contributed by atoms with Crippen LogP contribution in [0.3, 0.4) is 0 Å². The van der Waals surface area contributed by atoms with Gasteiger partial charge in [-0.15, -0.1) is 0 Å². The van der Waals surface area contributed by atoms with Crippen molar-refractivity contribution in [1.29, 1.82) is 0 Å². The van der Waals surface area contributed by atoms with E-state index < -0.39 is 0 Å². The number of amides is 1. The first-order valence-corrected chi connectivity index (χ1v) is 7.04. The molecule has 0 aliphatic carbocycles. The molecular formula is C14H15BrFN3O. The van der Waals surface area contributed by atoms with E-state index in [4.69, 9.17) is 0 Å². The summed E-state index contributed by atoms with van der Waals surface area (Å²) in [5.41, 5.74) is 0.869. The van der Waals surface area contributed by atoms with E-state index in [9.17, 15) is 9.18 Å². The van der Waals surface area contributed by atoms with Crippen molar-refractivity contribution in [2.24, 2.45) is 5.92 Å². The quantitative estimate of drug-likeness (QED) is 0.910. The Hall–Kier alpha value is -1.69. The maximum atomic E-state index is 12.8. The summed E-state index contributed by atoms with van der Waals surface area (Å²) < 4.78 is 15.4. The molecule has 2 aromatic rings. The Kier molecular flexibility index (Phi) is 4.89. The van der Waals surface area contributed by atoms with Crippen LogP contribution in [-0.4, -0.2) is 15.7 Å². The average molecular weight is 340 g/mol. The van der Waals surface area contributed by atoms with Gasteiger partial charge in [-0.05, 0) is 33.6 Å². The van der Waals surface area contributed by atoms with Crippen LogP contribution < -0.4 is 5.32 Å². The van der Waals surface area contributed by atoms with Gasteiger partial charge in [0, 0.05) is 12.7 Å². The van der Waals surface area contributed by atoms with Gasteiger partial charge < -0.3 is 5.32 Å². The van der Waals surface area contributed by atoms with Gasteiger partial charge in [0.05, 0.1) is 23.1 Å². The third-order valence-corrected chi connectivity index (χ3v) is 3.30. The van der Waals surface area contributed by atoms with Gasteiger partial charge >= 0.3 is 0 Å². The Morgan fingerprint density at radius 1 is 1.45 bits per heavy atom. The van der Waals surface area contributed by atoms with E-state index in [0.29, 0.717) is 13.1 Å². The van der Waals surface area contributed by atoms with Crippen LogP contribution in [0.2, 0.25) is 0 Å². The monoisotopic (exact) mass is 339 g/mol.